The smallest absolute Gasteiger partial charge is 0.185 e. The standard InChI is InChI=1S/C13H17FN6/c1-4-5-10(14)6-20-9-17-11-12(18-8-19(2)3)15-7-16-13(11)20/h6-9H,4-5H2,1-3H3/b10-6+,18-8-. The van der Waals surface area contributed by atoms with Crippen LogP contribution in [0.25, 0.3) is 17.4 Å². The van der Waals surface area contributed by atoms with Gasteiger partial charge in [-0.1, -0.05) is 6.92 Å². The predicted molar refractivity (Wildman–Crippen MR) is 77.5 cm³/mol. The zero-order valence-electron chi connectivity index (χ0n) is 11.8. The molecule has 0 fully saturated rings. The Labute approximate surface area is 116 Å². The van der Waals surface area contributed by atoms with Crippen LogP contribution in [0.4, 0.5) is 10.2 Å². The molecule has 0 aliphatic rings. The molecule has 0 spiro atoms. The Balaban J connectivity index is 2.42. The average Bonchev–Trinajstić information content (AvgIpc) is 2.80. The van der Waals surface area contributed by atoms with Crippen molar-refractivity contribution in [1.29, 1.82) is 0 Å². The van der Waals surface area contributed by atoms with Gasteiger partial charge in [0, 0.05) is 26.7 Å². The summed E-state index contributed by atoms with van der Waals surface area (Å²) >= 11 is 0. The summed E-state index contributed by atoms with van der Waals surface area (Å²) in [4.78, 5) is 18.4. The number of hydrogen-bond acceptors (Lipinski definition) is 4. The van der Waals surface area contributed by atoms with E-state index in [1.807, 2.05) is 21.0 Å². The van der Waals surface area contributed by atoms with Crippen molar-refractivity contribution in [1.82, 2.24) is 24.4 Å². The first kappa shape index (κ1) is 14.1. The van der Waals surface area contributed by atoms with Crippen molar-refractivity contribution in [2.45, 2.75) is 19.8 Å². The van der Waals surface area contributed by atoms with Crippen molar-refractivity contribution in [3.05, 3.63) is 18.5 Å². The molecule has 6 nitrogen and oxygen atoms in total. The Morgan fingerprint density at radius 3 is 2.90 bits per heavy atom. The van der Waals surface area contributed by atoms with Crippen LogP contribution < -0.4 is 0 Å². The fourth-order valence-corrected chi connectivity index (χ4v) is 1.65. The normalized spacial score (nSPS) is 12.5. The van der Waals surface area contributed by atoms with Crippen LogP contribution >= 0.6 is 0 Å². The minimum absolute atomic E-state index is 0.205. The number of aromatic nitrogens is 4. The maximum absolute atomic E-state index is 13.6. The van der Waals surface area contributed by atoms with Gasteiger partial charge in [-0.25, -0.2) is 24.3 Å². The maximum atomic E-state index is 13.6. The van der Waals surface area contributed by atoms with Gasteiger partial charge in [-0.2, -0.15) is 0 Å². The summed E-state index contributed by atoms with van der Waals surface area (Å²) in [6, 6.07) is 0. The highest BCUT2D eigenvalue weighted by Gasteiger charge is 2.08. The Morgan fingerprint density at radius 1 is 1.40 bits per heavy atom. The van der Waals surface area contributed by atoms with Gasteiger partial charge in [0.25, 0.3) is 0 Å². The molecule has 20 heavy (non-hydrogen) atoms. The van der Waals surface area contributed by atoms with E-state index in [4.69, 9.17) is 0 Å². The van der Waals surface area contributed by atoms with Gasteiger partial charge in [-0.3, -0.25) is 4.57 Å². The van der Waals surface area contributed by atoms with Crippen LogP contribution in [0.15, 0.2) is 23.5 Å². The molecular weight excluding hydrogens is 259 g/mol. The molecule has 0 radical (unpaired) electrons. The summed E-state index contributed by atoms with van der Waals surface area (Å²) in [5, 5.41) is 0. The summed E-state index contributed by atoms with van der Waals surface area (Å²) in [7, 11) is 3.73. The molecule has 7 heteroatoms. The fraction of sp³-hybridized carbons (Fsp3) is 0.385. The molecule has 106 valence electrons. The van der Waals surface area contributed by atoms with Crippen LogP contribution in [0.2, 0.25) is 0 Å². The molecule has 0 saturated carbocycles. The number of hydrogen-bond donors (Lipinski definition) is 0. The summed E-state index contributed by atoms with van der Waals surface area (Å²) in [5.41, 5.74) is 1.09. The molecule has 0 amide bonds. The van der Waals surface area contributed by atoms with Crippen molar-refractivity contribution in [3.63, 3.8) is 0 Å². The second-order valence-electron chi connectivity index (χ2n) is 4.56. The molecule has 0 aliphatic carbocycles. The topological polar surface area (TPSA) is 59.2 Å². The molecule has 0 bridgehead atoms. The zero-order valence-corrected chi connectivity index (χ0v) is 11.8. The molecule has 2 aromatic heterocycles. The minimum Gasteiger partial charge on any atom is -0.369 e. The highest BCUT2D eigenvalue weighted by Crippen LogP contribution is 2.21. The van der Waals surface area contributed by atoms with E-state index in [0.717, 1.165) is 6.42 Å². The lowest BCUT2D eigenvalue weighted by Gasteiger charge is -2.02. The van der Waals surface area contributed by atoms with Crippen LogP contribution in [-0.4, -0.2) is 44.9 Å². The van der Waals surface area contributed by atoms with Gasteiger partial charge in [0.15, 0.2) is 17.0 Å². The van der Waals surface area contributed by atoms with Crippen LogP contribution in [-0.2, 0) is 0 Å². The molecule has 2 heterocycles. The van der Waals surface area contributed by atoms with Crippen molar-refractivity contribution in [3.8, 4) is 0 Å². The molecule has 0 atom stereocenters. The van der Waals surface area contributed by atoms with E-state index in [1.165, 1.54) is 18.9 Å². The van der Waals surface area contributed by atoms with Crippen molar-refractivity contribution >= 4 is 29.5 Å². The Bertz CT molecular complexity index is 643. The van der Waals surface area contributed by atoms with Crippen LogP contribution in [0, 0.1) is 0 Å². The van der Waals surface area contributed by atoms with Gasteiger partial charge in [-0.15, -0.1) is 0 Å². The quantitative estimate of drug-likeness (QED) is 0.622. The lowest BCUT2D eigenvalue weighted by Crippen LogP contribution is -2.07. The largest absolute Gasteiger partial charge is 0.369 e. The first-order valence-electron chi connectivity index (χ1n) is 6.36. The second kappa shape index (κ2) is 6.23. The van der Waals surface area contributed by atoms with Crippen LogP contribution in [0.3, 0.4) is 0 Å². The van der Waals surface area contributed by atoms with E-state index >= 15 is 0 Å². The number of halogens is 1. The maximum Gasteiger partial charge on any atom is 0.185 e. The van der Waals surface area contributed by atoms with E-state index in [1.54, 1.807) is 15.8 Å². The average molecular weight is 276 g/mol. The number of imidazole rings is 1. The highest BCUT2D eigenvalue weighted by molar-refractivity contribution is 5.84. The lowest BCUT2D eigenvalue weighted by molar-refractivity contribution is 0.587. The zero-order chi connectivity index (χ0) is 14.5. The van der Waals surface area contributed by atoms with Crippen LogP contribution in [0.5, 0.6) is 0 Å². The molecule has 0 N–H and O–H groups in total. The monoisotopic (exact) mass is 276 g/mol. The van der Waals surface area contributed by atoms with Gasteiger partial charge < -0.3 is 4.90 Å². The Hall–Kier alpha value is -2.31. The number of allylic oxidation sites excluding steroid dienone is 1. The van der Waals surface area contributed by atoms with Crippen molar-refractivity contribution in [2.75, 3.05) is 14.1 Å². The molecule has 0 aliphatic heterocycles. The third kappa shape index (κ3) is 3.17. The summed E-state index contributed by atoms with van der Waals surface area (Å²) in [5.74, 6) is 0.260. The molecule has 2 aromatic rings. The van der Waals surface area contributed by atoms with E-state index in [-0.39, 0.29) is 5.83 Å². The fourth-order valence-electron chi connectivity index (χ4n) is 1.65. The third-order valence-corrected chi connectivity index (χ3v) is 2.52. The number of nitrogens with zero attached hydrogens (tertiary/aromatic N) is 6. The minimum atomic E-state index is -0.205. The lowest BCUT2D eigenvalue weighted by atomic mass is 10.3. The first-order valence-corrected chi connectivity index (χ1v) is 6.36. The van der Waals surface area contributed by atoms with Gasteiger partial charge >= 0.3 is 0 Å². The molecule has 0 saturated heterocycles. The SMILES string of the molecule is CCC/C(F)=C\n1cnc2c(/N=C\N(C)C)ncnc21. The third-order valence-electron chi connectivity index (χ3n) is 2.52. The second-order valence-corrected chi connectivity index (χ2v) is 4.56. The summed E-state index contributed by atoms with van der Waals surface area (Å²) in [6.45, 7) is 1.93. The van der Waals surface area contributed by atoms with Gasteiger partial charge in [-0.05, 0) is 6.42 Å². The van der Waals surface area contributed by atoms with Gasteiger partial charge in [0.05, 0.1) is 6.34 Å². The van der Waals surface area contributed by atoms with Crippen LogP contribution in [0.1, 0.15) is 19.8 Å². The number of fused-ring (bicyclic) bond motifs is 1. The van der Waals surface area contributed by atoms with Gasteiger partial charge in [0.2, 0.25) is 0 Å². The van der Waals surface area contributed by atoms with Crippen molar-refractivity contribution < 1.29 is 4.39 Å². The molecule has 2 rings (SSSR count). The highest BCUT2D eigenvalue weighted by atomic mass is 19.1. The number of aliphatic imine (C=N–C) groups is 1. The summed E-state index contributed by atoms with van der Waals surface area (Å²) in [6.07, 6.45) is 7.09. The Kier molecular flexibility index (Phi) is 4.39. The van der Waals surface area contributed by atoms with E-state index < -0.39 is 0 Å². The van der Waals surface area contributed by atoms with Gasteiger partial charge in [0.1, 0.15) is 18.5 Å². The summed E-state index contributed by atoms with van der Waals surface area (Å²) < 4.78 is 15.1. The van der Waals surface area contributed by atoms with Crippen molar-refractivity contribution in [2.24, 2.45) is 4.99 Å². The molecular formula is C13H17FN6. The molecule has 0 unspecified atom stereocenters. The van der Waals surface area contributed by atoms with E-state index in [0.29, 0.717) is 23.4 Å². The predicted octanol–water partition coefficient (Wildman–Crippen LogP) is 2.62. The molecule has 0 aromatic carbocycles. The first-order chi connectivity index (χ1) is 9.61. The Morgan fingerprint density at radius 2 is 2.20 bits per heavy atom. The van der Waals surface area contributed by atoms with E-state index in [9.17, 15) is 4.39 Å². The van der Waals surface area contributed by atoms with E-state index in [2.05, 4.69) is 19.9 Å². The number of rotatable bonds is 5.